The van der Waals surface area contributed by atoms with Gasteiger partial charge in [0.2, 0.25) is 0 Å². The van der Waals surface area contributed by atoms with Gasteiger partial charge in [-0.2, -0.15) is 4.90 Å². The number of amides is 2. The van der Waals surface area contributed by atoms with Crippen molar-refractivity contribution < 1.29 is 28.9 Å². The first-order valence-electron chi connectivity index (χ1n) is 18.0. The number of nitrogens with one attached hydrogen (secondary N) is 1. The molecule has 0 bridgehead atoms. The number of benzene rings is 5. The molecule has 0 saturated heterocycles. The molecule has 0 radical (unpaired) electrons. The highest BCUT2D eigenvalue weighted by molar-refractivity contribution is 9.10. The molecule has 2 aromatic heterocycles. The molecule has 3 N–H and O–H groups in total. The Morgan fingerprint density at radius 1 is 0.857 bits per heavy atom. The molecule has 7 rings (SSSR count). The lowest BCUT2D eigenvalue weighted by Crippen LogP contribution is -2.39. The summed E-state index contributed by atoms with van der Waals surface area (Å²) in [6.45, 7) is 4.05. The van der Waals surface area contributed by atoms with Crippen molar-refractivity contribution in [1.82, 2.24) is 14.5 Å². The van der Waals surface area contributed by atoms with Crippen molar-refractivity contribution in [2.75, 3.05) is 16.8 Å². The van der Waals surface area contributed by atoms with Gasteiger partial charge < -0.3 is 24.8 Å². The summed E-state index contributed by atoms with van der Waals surface area (Å²) in [7, 11) is 0. The number of ether oxygens (including phenoxy) is 1. The third-order valence-electron chi connectivity index (χ3n) is 9.69. The fraction of sp³-hybridized carbons (Fsp3) is 0.136. The topological polar surface area (TPSA) is 130 Å². The Labute approximate surface area is 331 Å². The Bertz CT molecular complexity index is 2410. The normalized spacial score (nSPS) is 11.9. The Balaban J connectivity index is 1.52. The summed E-state index contributed by atoms with van der Waals surface area (Å²) < 4.78 is 25.5. The van der Waals surface area contributed by atoms with Crippen molar-refractivity contribution >= 4 is 50.4 Å². The number of imidazole rings is 1. The maximum atomic E-state index is 17.0. The maximum absolute atomic E-state index is 17.0. The first kappa shape index (κ1) is 37.8. The molecule has 56 heavy (non-hydrogen) atoms. The monoisotopic (exact) mass is 813 g/mol. The van der Waals surface area contributed by atoms with Crippen molar-refractivity contribution in [3.8, 4) is 5.75 Å². The Morgan fingerprint density at radius 2 is 1.45 bits per heavy atom. The Hall–Kier alpha value is -6.53. The predicted molar refractivity (Wildman–Crippen MR) is 217 cm³/mol. The molecule has 282 valence electrons. The van der Waals surface area contributed by atoms with Crippen LogP contribution in [0.5, 0.6) is 5.75 Å². The average molecular weight is 815 g/mol. The van der Waals surface area contributed by atoms with Crippen LogP contribution in [0, 0.1) is 5.82 Å². The summed E-state index contributed by atoms with van der Waals surface area (Å²) in [4.78, 5) is 33.2. The lowest BCUT2D eigenvalue weighted by molar-refractivity contribution is 0.184. The first-order valence-corrected chi connectivity index (χ1v) is 18.7. The van der Waals surface area contributed by atoms with Gasteiger partial charge in [0.05, 0.1) is 6.61 Å². The first-order chi connectivity index (χ1) is 27.2. The van der Waals surface area contributed by atoms with E-state index in [2.05, 4.69) is 67.2 Å². The minimum atomic E-state index is -1.69. The highest BCUT2D eigenvalue weighted by Gasteiger charge is 2.42. The number of rotatable bonds is 12. The van der Waals surface area contributed by atoms with Gasteiger partial charge in [0.25, 0.3) is 0 Å². The molecule has 0 saturated carbocycles. The van der Waals surface area contributed by atoms with Crippen LogP contribution in [0.4, 0.5) is 25.5 Å². The second-order valence-electron chi connectivity index (χ2n) is 12.9. The van der Waals surface area contributed by atoms with Crippen LogP contribution in [0.2, 0.25) is 0 Å². The van der Waals surface area contributed by atoms with E-state index in [9.17, 15) is 19.8 Å². The Kier molecular flexibility index (Phi) is 10.8. The molecule has 0 aliphatic rings. The number of aromatic nitrogens is 3. The van der Waals surface area contributed by atoms with Gasteiger partial charge in [0.15, 0.2) is 17.4 Å². The number of anilines is 2. The molecule has 0 spiro atoms. The van der Waals surface area contributed by atoms with E-state index < -0.39 is 29.6 Å². The molecular formula is C44H37BrFN5O5. The summed E-state index contributed by atoms with van der Waals surface area (Å²) in [6.07, 6.45) is 0.482. The van der Waals surface area contributed by atoms with Crippen molar-refractivity contribution in [1.29, 1.82) is 0 Å². The van der Waals surface area contributed by atoms with Crippen LogP contribution >= 0.6 is 15.9 Å². The molecule has 5 aromatic carbocycles. The number of imide groups is 1. The minimum Gasteiger partial charge on any atom is -0.491 e. The quantitative estimate of drug-likeness (QED) is 0.104. The summed E-state index contributed by atoms with van der Waals surface area (Å²) in [5.74, 6) is -0.237. The second kappa shape index (κ2) is 16.1. The van der Waals surface area contributed by atoms with E-state index in [0.717, 1.165) is 22.3 Å². The predicted octanol–water partition coefficient (Wildman–Crippen LogP) is 10.5. The summed E-state index contributed by atoms with van der Waals surface area (Å²) in [5, 5.41) is 23.7. The molecule has 0 aliphatic heterocycles. The van der Waals surface area contributed by atoms with Crippen molar-refractivity contribution in [3.63, 3.8) is 0 Å². The van der Waals surface area contributed by atoms with Gasteiger partial charge in [-0.05, 0) is 87.2 Å². The second-order valence-corrected chi connectivity index (χ2v) is 13.7. The van der Waals surface area contributed by atoms with Gasteiger partial charge in [-0.3, -0.25) is 0 Å². The molecule has 2 amide bonds. The maximum Gasteiger partial charge on any atom is 0.422 e. The molecule has 0 fully saturated rings. The summed E-state index contributed by atoms with van der Waals surface area (Å²) in [5.41, 5.74) is 3.46. The van der Waals surface area contributed by atoms with Crippen LogP contribution in [0.3, 0.4) is 0 Å². The number of carbonyl (C=O) groups is 2. The van der Waals surface area contributed by atoms with Gasteiger partial charge in [0, 0.05) is 29.0 Å². The van der Waals surface area contributed by atoms with Crippen LogP contribution < -0.4 is 15.0 Å². The van der Waals surface area contributed by atoms with Crippen molar-refractivity contribution in [3.05, 3.63) is 184 Å². The van der Waals surface area contributed by atoms with E-state index >= 15 is 4.39 Å². The number of pyridine rings is 1. The molecule has 12 heteroatoms. The number of hydrogen-bond donors (Lipinski definition) is 3. The molecular weight excluding hydrogens is 777 g/mol. The van der Waals surface area contributed by atoms with Crippen LogP contribution in [0.1, 0.15) is 53.5 Å². The number of carboxylic acid groups (broad SMARTS) is 2. The third-order valence-corrected chi connectivity index (χ3v) is 10.1. The van der Waals surface area contributed by atoms with Crippen LogP contribution in [-0.4, -0.2) is 43.5 Å². The largest absolute Gasteiger partial charge is 0.491 e. The van der Waals surface area contributed by atoms with E-state index in [0.29, 0.717) is 27.9 Å². The fourth-order valence-electron chi connectivity index (χ4n) is 7.29. The van der Waals surface area contributed by atoms with Gasteiger partial charge in [-0.25, -0.2) is 23.9 Å². The Morgan fingerprint density at radius 3 is 1.98 bits per heavy atom. The SMILES string of the molecule is CCOc1cc(CC)cc(C(Nc2ccc3c(N(C(=O)O)C(=O)O)nccc3c2)c2nc(Br)cn2C(c2ccccc2)(c2ccccc2)c2ccccc2)c1F. The fourth-order valence-corrected chi connectivity index (χ4v) is 7.67. The van der Waals surface area contributed by atoms with Gasteiger partial charge in [-0.15, -0.1) is 0 Å². The number of hydrogen-bond acceptors (Lipinski definition) is 6. The van der Waals surface area contributed by atoms with E-state index in [1.807, 2.05) is 73.8 Å². The zero-order valence-corrected chi connectivity index (χ0v) is 32.0. The van der Waals surface area contributed by atoms with E-state index in [4.69, 9.17) is 9.72 Å². The van der Waals surface area contributed by atoms with E-state index in [-0.39, 0.29) is 34.0 Å². The number of aryl methyl sites for hydroxylation is 1. The minimum absolute atomic E-state index is 0.114. The smallest absolute Gasteiger partial charge is 0.422 e. The third kappa shape index (κ3) is 6.95. The summed E-state index contributed by atoms with van der Waals surface area (Å²) in [6, 6.07) is 39.5. The molecule has 1 unspecified atom stereocenters. The molecule has 1 atom stereocenters. The molecule has 10 nitrogen and oxygen atoms in total. The zero-order chi connectivity index (χ0) is 39.4. The van der Waals surface area contributed by atoms with E-state index in [1.165, 1.54) is 6.20 Å². The number of halogens is 2. The standard InChI is InChI=1S/C44H37BrFN5O5/c1-3-28-24-35(38(46)36(25-28)56-4-2)39(48-33-20-21-34-29(26-33)22-23-47-40(34)51(42(52)53)43(54)55)41-49-37(45)27-50(41)44(30-14-8-5-9-15-30,31-16-10-6-11-17-31)32-18-12-7-13-19-32/h5-27,39,48H,3-4H2,1-2H3,(H,52,53)(H,54,55). The van der Waals surface area contributed by atoms with Crippen LogP contribution in [0.25, 0.3) is 10.8 Å². The lowest BCUT2D eigenvalue weighted by atomic mass is 9.76. The van der Waals surface area contributed by atoms with Gasteiger partial charge >= 0.3 is 12.2 Å². The summed E-state index contributed by atoms with van der Waals surface area (Å²) >= 11 is 3.70. The molecule has 2 heterocycles. The lowest BCUT2D eigenvalue weighted by Gasteiger charge is -2.39. The van der Waals surface area contributed by atoms with Gasteiger partial charge in [0.1, 0.15) is 22.0 Å². The van der Waals surface area contributed by atoms with Crippen LogP contribution in [-0.2, 0) is 12.0 Å². The molecule has 0 aliphatic carbocycles. The van der Waals surface area contributed by atoms with E-state index in [1.54, 1.807) is 37.3 Å². The average Bonchev–Trinajstić information content (AvgIpc) is 3.60. The number of nitrogens with zero attached hydrogens (tertiary/aromatic N) is 4. The highest BCUT2D eigenvalue weighted by atomic mass is 79.9. The molecule has 7 aromatic rings. The van der Waals surface area contributed by atoms with Crippen LogP contribution in [0.15, 0.2) is 144 Å². The number of fused-ring (bicyclic) bond motifs is 1. The van der Waals surface area contributed by atoms with Gasteiger partial charge in [-0.1, -0.05) is 104 Å². The van der Waals surface area contributed by atoms with Crippen molar-refractivity contribution in [2.24, 2.45) is 0 Å². The zero-order valence-electron chi connectivity index (χ0n) is 30.4. The van der Waals surface area contributed by atoms with Crippen molar-refractivity contribution in [2.45, 2.75) is 31.8 Å². The highest BCUT2D eigenvalue weighted by Crippen LogP contribution is 2.45.